The molecule has 0 aliphatic carbocycles. The van der Waals surface area contributed by atoms with Gasteiger partial charge in [0.2, 0.25) is 0 Å². The van der Waals surface area contributed by atoms with Gasteiger partial charge in [0.05, 0.1) is 6.10 Å². The van der Waals surface area contributed by atoms with Gasteiger partial charge in [0.1, 0.15) is 0 Å². The van der Waals surface area contributed by atoms with Crippen LogP contribution in [0, 0.1) is 10.8 Å². The van der Waals surface area contributed by atoms with Gasteiger partial charge in [-0.05, 0) is 26.0 Å². The van der Waals surface area contributed by atoms with Crippen LogP contribution in [0.1, 0.15) is 26.2 Å². The smallest absolute Gasteiger partial charge is 0.0593 e. The van der Waals surface area contributed by atoms with E-state index in [2.05, 4.69) is 0 Å². The van der Waals surface area contributed by atoms with Crippen molar-refractivity contribution in [2.75, 3.05) is 0 Å². The van der Waals surface area contributed by atoms with Gasteiger partial charge in [-0.2, -0.15) is 0 Å². The second-order valence-electron chi connectivity index (χ2n) is 2.41. The number of rotatable bonds is 5. The molecule has 0 saturated carbocycles. The quantitative estimate of drug-likeness (QED) is 0.496. The van der Waals surface area contributed by atoms with Crippen LogP contribution in [-0.4, -0.2) is 23.1 Å². The molecule has 3 N–H and O–H groups in total. The first-order valence-corrected chi connectivity index (χ1v) is 3.38. The molecule has 0 amide bonds. The summed E-state index contributed by atoms with van der Waals surface area (Å²) in [5.41, 5.74) is 0.587. The van der Waals surface area contributed by atoms with Gasteiger partial charge in [-0.15, -0.1) is 0 Å². The van der Waals surface area contributed by atoms with E-state index in [4.69, 9.17) is 15.9 Å². The van der Waals surface area contributed by atoms with Gasteiger partial charge < -0.3 is 15.9 Å². The van der Waals surface area contributed by atoms with Gasteiger partial charge in [0.25, 0.3) is 0 Å². The summed E-state index contributed by atoms with van der Waals surface area (Å²) in [4.78, 5) is 0. The van der Waals surface area contributed by atoms with E-state index in [9.17, 15) is 0 Å². The molecule has 10 heavy (non-hydrogen) atoms. The van der Waals surface area contributed by atoms with E-state index in [-0.39, 0.29) is 0 Å². The van der Waals surface area contributed by atoms with Gasteiger partial charge in [-0.1, -0.05) is 0 Å². The molecule has 3 nitrogen and oxygen atoms in total. The molecule has 0 aromatic heterocycles. The molecule has 1 atom stereocenters. The van der Waals surface area contributed by atoms with Crippen LogP contribution in [0.2, 0.25) is 0 Å². The normalized spacial score (nSPS) is 12.6. The third kappa shape index (κ3) is 5.44. The van der Waals surface area contributed by atoms with E-state index in [0.717, 1.165) is 0 Å². The Hall–Kier alpha value is -0.700. The Balaban J connectivity index is 3.29. The number of aliphatic hydroxyl groups is 1. The fraction of sp³-hybridized carbons (Fsp3) is 0.714. The van der Waals surface area contributed by atoms with Crippen LogP contribution in [0.4, 0.5) is 0 Å². The summed E-state index contributed by atoms with van der Waals surface area (Å²) in [5, 5.41) is 22.8. The Bertz CT molecular complexity index is 123. The predicted octanol–water partition coefficient (Wildman–Crippen LogP) is 1.21. The lowest BCUT2D eigenvalue weighted by Crippen LogP contribution is -2.08. The lowest BCUT2D eigenvalue weighted by atomic mass is 10.1. The van der Waals surface area contributed by atoms with Crippen LogP contribution in [-0.2, 0) is 0 Å². The van der Waals surface area contributed by atoms with Crippen molar-refractivity contribution in [1.29, 1.82) is 10.8 Å². The van der Waals surface area contributed by atoms with E-state index >= 15 is 0 Å². The summed E-state index contributed by atoms with van der Waals surface area (Å²) < 4.78 is 0. The minimum atomic E-state index is -0.433. The maximum absolute atomic E-state index is 9.05. The molecule has 0 radical (unpaired) electrons. The van der Waals surface area contributed by atoms with E-state index in [0.29, 0.717) is 25.0 Å². The number of hydrogen-bond acceptors (Lipinski definition) is 3. The van der Waals surface area contributed by atoms with Crippen LogP contribution in [0.5, 0.6) is 0 Å². The molecule has 58 valence electrons. The molecule has 0 aliphatic rings. The van der Waals surface area contributed by atoms with Crippen molar-refractivity contribution in [1.82, 2.24) is 0 Å². The molecule has 0 aromatic carbocycles. The minimum absolute atomic E-state index is 0.410. The van der Waals surface area contributed by atoms with Gasteiger partial charge in [0.15, 0.2) is 0 Å². The Labute approximate surface area is 61.1 Å². The van der Waals surface area contributed by atoms with Crippen molar-refractivity contribution in [3.63, 3.8) is 0 Å². The van der Waals surface area contributed by atoms with Gasteiger partial charge >= 0.3 is 0 Å². The summed E-state index contributed by atoms with van der Waals surface area (Å²) in [6.07, 6.45) is 2.41. The predicted molar refractivity (Wildman–Crippen MR) is 42.0 cm³/mol. The topological polar surface area (TPSA) is 67.9 Å². The summed E-state index contributed by atoms with van der Waals surface area (Å²) in [6, 6.07) is 0. The second-order valence-corrected chi connectivity index (χ2v) is 2.41. The summed E-state index contributed by atoms with van der Waals surface area (Å²) in [7, 11) is 0. The standard InChI is InChI=1S/C7H14N2O/c1-6(9)2-3-7(10)4-5-8/h5,7-10H,2-4H2,1H3. The van der Waals surface area contributed by atoms with Crippen LogP contribution < -0.4 is 0 Å². The minimum Gasteiger partial charge on any atom is -0.393 e. The maximum Gasteiger partial charge on any atom is 0.0593 e. The van der Waals surface area contributed by atoms with Crippen LogP contribution in [0.3, 0.4) is 0 Å². The average Bonchev–Trinajstić information content (AvgIpc) is 1.85. The summed E-state index contributed by atoms with van der Waals surface area (Å²) >= 11 is 0. The van der Waals surface area contributed by atoms with Crippen molar-refractivity contribution < 1.29 is 5.11 Å². The highest BCUT2D eigenvalue weighted by Crippen LogP contribution is 1.99. The lowest BCUT2D eigenvalue weighted by Gasteiger charge is -2.04. The summed E-state index contributed by atoms with van der Waals surface area (Å²) in [6.45, 7) is 1.72. The highest BCUT2D eigenvalue weighted by atomic mass is 16.3. The van der Waals surface area contributed by atoms with Crippen molar-refractivity contribution >= 4 is 11.9 Å². The average molecular weight is 142 g/mol. The molecule has 0 aromatic rings. The van der Waals surface area contributed by atoms with E-state index in [1.54, 1.807) is 6.92 Å². The van der Waals surface area contributed by atoms with Crippen molar-refractivity contribution in [2.45, 2.75) is 32.3 Å². The van der Waals surface area contributed by atoms with Crippen LogP contribution in [0.25, 0.3) is 0 Å². The van der Waals surface area contributed by atoms with Crippen molar-refractivity contribution in [3.05, 3.63) is 0 Å². The molecule has 0 spiro atoms. The van der Waals surface area contributed by atoms with Gasteiger partial charge in [-0.3, -0.25) is 0 Å². The maximum atomic E-state index is 9.05. The Morgan fingerprint density at radius 3 is 2.70 bits per heavy atom. The first-order valence-electron chi connectivity index (χ1n) is 3.38. The molecule has 0 rings (SSSR count). The molecule has 3 heteroatoms. The second kappa shape index (κ2) is 5.11. The molecule has 0 bridgehead atoms. The molecule has 1 unspecified atom stereocenters. The molecule has 0 heterocycles. The Kier molecular flexibility index (Phi) is 4.76. The first-order chi connectivity index (χ1) is 4.66. The Morgan fingerprint density at radius 1 is 1.70 bits per heavy atom. The third-order valence-corrected chi connectivity index (χ3v) is 1.24. The first kappa shape index (κ1) is 9.30. The highest BCUT2D eigenvalue weighted by Gasteiger charge is 2.01. The van der Waals surface area contributed by atoms with Crippen molar-refractivity contribution in [3.8, 4) is 0 Å². The fourth-order valence-corrected chi connectivity index (χ4v) is 0.637. The van der Waals surface area contributed by atoms with E-state index in [1.807, 2.05) is 0 Å². The zero-order chi connectivity index (χ0) is 7.98. The molecule has 0 saturated heterocycles. The van der Waals surface area contributed by atoms with Crippen LogP contribution >= 0.6 is 0 Å². The largest absolute Gasteiger partial charge is 0.393 e. The molecular formula is C7H14N2O. The number of nitrogens with one attached hydrogen (secondary N) is 2. The van der Waals surface area contributed by atoms with Crippen molar-refractivity contribution in [2.24, 2.45) is 0 Å². The third-order valence-electron chi connectivity index (χ3n) is 1.24. The number of aliphatic hydroxyl groups excluding tert-OH is 1. The zero-order valence-electron chi connectivity index (χ0n) is 6.22. The zero-order valence-corrected chi connectivity index (χ0v) is 6.22. The SMILES string of the molecule is CC(=N)CCC(O)CC=N. The lowest BCUT2D eigenvalue weighted by molar-refractivity contribution is 0.175. The highest BCUT2D eigenvalue weighted by molar-refractivity contribution is 5.78. The Morgan fingerprint density at radius 2 is 2.30 bits per heavy atom. The summed E-state index contributed by atoms with van der Waals surface area (Å²) in [5.74, 6) is 0. The number of hydrogen-bond donors (Lipinski definition) is 3. The molecule has 0 aliphatic heterocycles. The molecular weight excluding hydrogens is 128 g/mol. The monoisotopic (exact) mass is 142 g/mol. The fourth-order valence-electron chi connectivity index (χ4n) is 0.637. The van der Waals surface area contributed by atoms with E-state index < -0.39 is 6.10 Å². The van der Waals surface area contributed by atoms with E-state index in [1.165, 1.54) is 6.21 Å². The molecule has 0 fully saturated rings. The van der Waals surface area contributed by atoms with Crippen LogP contribution in [0.15, 0.2) is 0 Å². The van der Waals surface area contributed by atoms with Gasteiger partial charge in [-0.25, -0.2) is 0 Å². The van der Waals surface area contributed by atoms with Gasteiger partial charge in [0, 0.05) is 12.1 Å².